The molecule has 1 aliphatic heterocycles. The van der Waals surface area contributed by atoms with E-state index in [1.807, 2.05) is 13.8 Å². The van der Waals surface area contributed by atoms with Crippen LogP contribution in [-0.2, 0) is 10.0 Å². The lowest BCUT2D eigenvalue weighted by Crippen LogP contribution is -2.47. The molecule has 0 aliphatic carbocycles. The van der Waals surface area contributed by atoms with E-state index in [4.69, 9.17) is 0 Å². The Morgan fingerprint density at radius 2 is 1.95 bits per heavy atom. The highest BCUT2D eigenvalue weighted by Gasteiger charge is 2.35. The average molecular weight is 311 g/mol. The second-order valence-electron chi connectivity index (χ2n) is 5.77. The molecule has 0 amide bonds. The third-order valence-corrected chi connectivity index (χ3v) is 6.09. The minimum atomic E-state index is -3.45. The summed E-state index contributed by atoms with van der Waals surface area (Å²) in [5.41, 5.74) is 0. The Balaban J connectivity index is 2.22. The molecule has 0 aromatic carbocycles. The summed E-state index contributed by atoms with van der Waals surface area (Å²) in [6, 6.07) is 3.49. The van der Waals surface area contributed by atoms with E-state index in [-0.39, 0.29) is 17.0 Å². The fraction of sp³-hybridized carbons (Fsp3) is 0.667. The molecule has 21 heavy (non-hydrogen) atoms. The van der Waals surface area contributed by atoms with Crippen LogP contribution in [0.3, 0.4) is 0 Å². The smallest absolute Gasteiger partial charge is 0.245 e. The molecule has 1 saturated heterocycles. The molecule has 5 nitrogen and oxygen atoms in total. The third-order valence-electron chi connectivity index (χ3n) is 3.98. The van der Waals surface area contributed by atoms with Gasteiger partial charge in [0.25, 0.3) is 0 Å². The molecule has 0 radical (unpaired) electrons. The predicted molar refractivity (Wildman–Crippen MR) is 84.8 cm³/mol. The van der Waals surface area contributed by atoms with Crippen LogP contribution in [0.5, 0.6) is 0 Å². The molecule has 1 aromatic rings. The molecule has 0 unspecified atom stereocenters. The first-order valence-corrected chi connectivity index (χ1v) is 9.14. The van der Waals surface area contributed by atoms with Gasteiger partial charge in [-0.3, -0.25) is 0 Å². The van der Waals surface area contributed by atoms with Crippen molar-refractivity contribution in [2.45, 2.75) is 63.4 Å². The van der Waals surface area contributed by atoms with Crippen LogP contribution in [0.4, 0.5) is 5.82 Å². The highest BCUT2D eigenvalue weighted by molar-refractivity contribution is 7.89. The van der Waals surface area contributed by atoms with Gasteiger partial charge in [0.2, 0.25) is 10.0 Å². The summed E-state index contributed by atoms with van der Waals surface area (Å²) in [6.07, 6.45) is 5.40. The summed E-state index contributed by atoms with van der Waals surface area (Å²) in [4.78, 5) is 4.49. The molecule has 1 aliphatic rings. The predicted octanol–water partition coefficient (Wildman–Crippen LogP) is 2.86. The maximum atomic E-state index is 12.8. The van der Waals surface area contributed by atoms with Crippen molar-refractivity contribution in [3.05, 3.63) is 18.3 Å². The van der Waals surface area contributed by atoms with Crippen molar-refractivity contribution in [3.63, 3.8) is 0 Å². The molecule has 2 heterocycles. The zero-order chi connectivity index (χ0) is 15.5. The molecule has 0 bridgehead atoms. The molecular formula is C15H25N3O2S. The van der Waals surface area contributed by atoms with Crippen LogP contribution in [0.2, 0.25) is 0 Å². The van der Waals surface area contributed by atoms with Crippen molar-refractivity contribution in [2.75, 3.05) is 11.9 Å². The summed E-state index contributed by atoms with van der Waals surface area (Å²) in [5.74, 6) is 0.718. The fourth-order valence-corrected chi connectivity index (χ4v) is 4.71. The molecule has 0 saturated carbocycles. The van der Waals surface area contributed by atoms with Crippen LogP contribution < -0.4 is 5.32 Å². The Hall–Kier alpha value is -1.14. The molecule has 6 heteroatoms. The molecule has 118 valence electrons. The van der Waals surface area contributed by atoms with Crippen molar-refractivity contribution < 1.29 is 8.42 Å². The van der Waals surface area contributed by atoms with E-state index in [0.717, 1.165) is 38.0 Å². The van der Waals surface area contributed by atoms with E-state index in [0.29, 0.717) is 0 Å². The zero-order valence-electron chi connectivity index (χ0n) is 13.0. The molecule has 2 atom stereocenters. The van der Waals surface area contributed by atoms with Gasteiger partial charge in [0.05, 0.1) is 0 Å². The van der Waals surface area contributed by atoms with E-state index < -0.39 is 10.0 Å². The average Bonchev–Trinajstić information content (AvgIpc) is 2.45. The minimum absolute atomic E-state index is 0.0524. The van der Waals surface area contributed by atoms with Crippen molar-refractivity contribution in [1.29, 1.82) is 0 Å². The summed E-state index contributed by atoms with van der Waals surface area (Å²) in [7, 11) is -3.45. The third kappa shape index (κ3) is 3.55. The number of nitrogens with zero attached hydrogens (tertiary/aromatic N) is 2. The molecule has 0 spiro atoms. The van der Waals surface area contributed by atoms with Gasteiger partial charge in [-0.05, 0) is 45.2 Å². The number of hydrogen-bond acceptors (Lipinski definition) is 4. The zero-order valence-corrected chi connectivity index (χ0v) is 13.9. The maximum absolute atomic E-state index is 12.8. The van der Waals surface area contributed by atoms with E-state index in [1.54, 1.807) is 16.4 Å². The number of rotatable bonds is 5. The van der Waals surface area contributed by atoms with Gasteiger partial charge >= 0.3 is 0 Å². The fourth-order valence-electron chi connectivity index (χ4n) is 2.88. The molecule has 2 rings (SSSR count). The van der Waals surface area contributed by atoms with Gasteiger partial charge in [-0.25, -0.2) is 13.4 Å². The van der Waals surface area contributed by atoms with Gasteiger partial charge in [-0.15, -0.1) is 0 Å². The van der Waals surface area contributed by atoms with Crippen molar-refractivity contribution in [1.82, 2.24) is 9.29 Å². The van der Waals surface area contributed by atoms with Crippen LogP contribution in [0, 0.1) is 0 Å². The lowest BCUT2D eigenvalue weighted by Gasteiger charge is -2.37. The lowest BCUT2D eigenvalue weighted by molar-refractivity contribution is 0.204. The van der Waals surface area contributed by atoms with Gasteiger partial charge < -0.3 is 5.32 Å². The van der Waals surface area contributed by atoms with E-state index in [2.05, 4.69) is 17.2 Å². The summed E-state index contributed by atoms with van der Waals surface area (Å²) < 4.78 is 27.2. The number of pyridine rings is 1. The lowest BCUT2D eigenvalue weighted by atomic mass is 10.0. The standard InChI is InChI=1S/C15H25N3O2S/c1-4-10-16-15-9-8-14(11-17-15)21(19,20)18-12(2)6-5-7-13(18)3/h8-9,11-13H,4-7,10H2,1-3H3,(H,16,17)/t12-,13+. The molecule has 1 aromatic heterocycles. The molecule has 1 N–H and O–H groups in total. The summed E-state index contributed by atoms with van der Waals surface area (Å²) in [5, 5.41) is 3.15. The summed E-state index contributed by atoms with van der Waals surface area (Å²) >= 11 is 0. The van der Waals surface area contributed by atoms with Gasteiger partial charge in [-0.1, -0.05) is 13.3 Å². The van der Waals surface area contributed by atoms with Crippen LogP contribution in [0.1, 0.15) is 46.5 Å². The Kier molecular flexibility index (Phi) is 5.22. The number of anilines is 1. The van der Waals surface area contributed by atoms with Gasteiger partial charge in [0.1, 0.15) is 10.7 Å². The normalized spacial score (nSPS) is 24.0. The highest BCUT2D eigenvalue weighted by atomic mass is 32.2. The van der Waals surface area contributed by atoms with Crippen LogP contribution in [0.15, 0.2) is 23.2 Å². The van der Waals surface area contributed by atoms with Crippen LogP contribution >= 0.6 is 0 Å². The Labute approximate surface area is 127 Å². The largest absolute Gasteiger partial charge is 0.370 e. The highest BCUT2D eigenvalue weighted by Crippen LogP contribution is 2.29. The first-order chi connectivity index (χ1) is 9.96. The first kappa shape index (κ1) is 16.2. The second-order valence-corrected chi connectivity index (χ2v) is 7.61. The number of hydrogen-bond donors (Lipinski definition) is 1. The van der Waals surface area contributed by atoms with E-state index in [1.165, 1.54) is 6.20 Å². The van der Waals surface area contributed by atoms with Crippen LogP contribution in [0.25, 0.3) is 0 Å². The Morgan fingerprint density at radius 3 is 2.48 bits per heavy atom. The van der Waals surface area contributed by atoms with Gasteiger partial charge in [-0.2, -0.15) is 4.31 Å². The number of nitrogens with one attached hydrogen (secondary N) is 1. The second kappa shape index (κ2) is 6.75. The topological polar surface area (TPSA) is 62.3 Å². The number of piperidine rings is 1. The first-order valence-electron chi connectivity index (χ1n) is 7.70. The number of aromatic nitrogens is 1. The SMILES string of the molecule is CCCNc1ccc(S(=O)(=O)N2[C@H](C)CCC[C@@H]2C)cn1. The molecule has 1 fully saturated rings. The van der Waals surface area contributed by atoms with Gasteiger partial charge in [0, 0.05) is 24.8 Å². The monoisotopic (exact) mass is 311 g/mol. The van der Waals surface area contributed by atoms with Crippen molar-refractivity contribution in [3.8, 4) is 0 Å². The Bertz CT molecular complexity index is 547. The Morgan fingerprint density at radius 1 is 1.29 bits per heavy atom. The van der Waals surface area contributed by atoms with Crippen LogP contribution in [-0.4, -0.2) is 36.3 Å². The summed E-state index contributed by atoms with van der Waals surface area (Å²) in [6.45, 7) is 6.87. The van der Waals surface area contributed by atoms with E-state index in [9.17, 15) is 8.42 Å². The number of sulfonamides is 1. The van der Waals surface area contributed by atoms with Gasteiger partial charge in [0.15, 0.2) is 0 Å². The van der Waals surface area contributed by atoms with Crippen molar-refractivity contribution >= 4 is 15.8 Å². The quantitative estimate of drug-likeness (QED) is 0.908. The van der Waals surface area contributed by atoms with Crippen molar-refractivity contribution in [2.24, 2.45) is 0 Å². The minimum Gasteiger partial charge on any atom is -0.370 e. The maximum Gasteiger partial charge on any atom is 0.245 e. The van der Waals surface area contributed by atoms with E-state index >= 15 is 0 Å². The molecular weight excluding hydrogens is 286 g/mol.